The van der Waals surface area contributed by atoms with Crippen molar-refractivity contribution in [3.8, 4) is 6.07 Å². The number of allylic oxidation sites excluding steroid dienone is 1. The average molecular weight is 403 g/mol. The molecule has 0 aliphatic carbocycles. The molecule has 0 amide bonds. The van der Waals surface area contributed by atoms with E-state index in [-0.39, 0.29) is 5.70 Å². The molecule has 3 saturated heterocycles. The van der Waals surface area contributed by atoms with Crippen molar-refractivity contribution in [1.82, 2.24) is 19.6 Å². The average Bonchev–Trinajstić information content (AvgIpc) is 3.14. The minimum absolute atomic E-state index is 0.276. The standard InChI is InChI=1S/C21H34N6S/c1-18(2)25-9-5-19(6-10-25)27-12-11-26(21(27)20(17-22)23-3)8-4-7-24-13-15-28-16-14-24/h18-19H,4-16H2,1-2H3. The molecule has 6 nitrogen and oxygen atoms in total. The Balaban J connectivity index is 1.61. The fraction of sp³-hybridized carbons (Fsp3) is 0.810. The second-order valence-corrected chi connectivity index (χ2v) is 9.47. The molecule has 3 heterocycles. The maximum atomic E-state index is 9.57. The van der Waals surface area contributed by atoms with Crippen LogP contribution in [-0.4, -0.2) is 95.5 Å². The molecule has 0 aromatic heterocycles. The number of hydrogen-bond acceptors (Lipinski definition) is 6. The second-order valence-electron chi connectivity index (χ2n) is 8.24. The van der Waals surface area contributed by atoms with Gasteiger partial charge in [0, 0.05) is 69.4 Å². The van der Waals surface area contributed by atoms with Gasteiger partial charge in [0.05, 0.1) is 12.6 Å². The summed E-state index contributed by atoms with van der Waals surface area (Å²) in [5, 5.41) is 9.57. The van der Waals surface area contributed by atoms with Crippen LogP contribution >= 0.6 is 11.8 Å². The van der Waals surface area contributed by atoms with E-state index in [9.17, 15) is 5.26 Å². The highest BCUT2D eigenvalue weighted by molar-refractivity contribution is 7.99. The van der Waals surface area contributed by atoms with E-state index in [4.69, 9.17) is 6.57 Å². The lowest BCUT2D eigenvalue weighted by Gasteiger charge is -2.40. The molecular weight excluding hydrogens is 368 g/mol. The van der Waals surface area contributed by atoms with Crippen LogP contribution in [0.3, 0.4) is 0 Å². The molecule has 0 N–H and O–H groups in total. The highest BCUT2D eigenvalue weighted by Gasteiger charge is 2.34. The van der Waals surface area contributed by atoms with E-state index in [0.717, 1.165) is 64.4 Å². The van der Waals surface area contributed by atoms with Gasteiger partial charge in [0.15, 0.2) is 0 Å². The molecule has 0 aromatic carbocycles. The molecule has 28 heavy (non-hydrogen) atoms. The molecule has 3 fully saturated rings. The number of nitrogens with zero attached hydrogens (tertiary/aromatic N) is 6. The Kier molecular flexibility index (Phi) is 7.91. The molecular formula is C21H34N6S. The second kappa shape index (κ2) is 10.4. The Bertz CT molecular complexity index is 604. The quantitative estimate of drug-likeness (QED) is 0.502. The van der Waals surface area contributed by atoms with Crippen LogP contribution in [0.2, 0.25) is 0 Å². The molecule has 0 radical (unpaired) electrons. The summed E-state index contributed by atoms with van der Waals surface area (Å²) in [4.78, 5) is 13.4. The van der Waals surface area contributed by atoms with E-state index in [1.54, 1.807) is 0 Å². The molecule has 7 heteroatoms. The van der Waals surface area contributed by atoms with Crippen LogP contribution in [0.25, 0.3) is 4.85 Å². The lowest BCUT2D eigenvalue weighted by atomic mass is 10.0. The molecule has 3 aliphatic heterocycles. The van der Waals surface area contributed by atoms with Gasteiger partial charge < -0.3 is 19.6 Å². The summed E-state index contributed by atoms with van der Waals surface area (Å²) < 4.78 is 0. The van der Waals surface area contributed by atoms with E-state index in [2.05, 4.69) is 44.4 Å². The van der Waals surface area contributed by atoms with Gasteiger partial charge in [-0.15, -0.1) is 0 Å². The first-order valence-corrected chi connectivity index (χ1v) is 11.9. The Morgan fingerprint density at radius 2 is 1.86 bits per heavy atom. The lowest BCUT2D eigenvalue weighted by molar-refractivity contribution is 0.116. The minimum atomic E-state index is 0.276. The zero-order valence-corrected chi connectivity index (χ0v) is 18.3. The number of rotatable bonds is 6. The van der Waals surface area contributed by atoms with Crippen LogP contribution in [0.15, 0.2) is 11.5 Å². The van der Waals surface area contributed by atoms with Gasteiger partial charge in [-0.3, -0.25) is 0 Å². The Labute approximate surface area is 174 Å². The van der Waals surface area contributed by atoms with Crippen molar-refractivity contribution < 1.29 is 0 Å². The van der Waals surface area contributed by atoms with Crippen molar-refractivity contribution in [1.29, 1.82) is 5.26 Å². The fourth-order valence-electron chi connectivity index (χ4n) is 4.63. The van der Waals surface area contributed by atoms with Gasteiger partial charge in [-0.05, 0) is 39.7 Å². The van der Waals surface area contributed by atoms with Gasteiger partial charge in [0.25, 0.3) is 0 Å². The summed E-state index contributed by atoms with van der Waals surface area (Å²) in [7, 11) is 0. The van der Waals surface area contributed by atoms with Crippen molar-refractivity contribution in [2.75, 3.05) is 63.9 Å². The molecule has 3 rings (SSSR count). The molecule has 3 aliphatic rings. The maximum absolute atomic E-state index is 9.57. The summed E-state index contributed by atoms with van der Waals surface area (Å²) in [6, 6.07) is 3.23. The Hall–Kier alpha value is -1.41. The third-order valence-electron chi connectivity index (χ3n) is 6.29. The smallest absolute Gasteiger partial charge is 0.300 e. The molecule has 154 valence electrons. The fourth-order valence-corrected chi connectivity index (χ4v) is 5.61. The topological polar surface area (TPSA) is 41.1 Å². The van der Waals surface area contributed by atoms with Gasteiger partial charge >= 0.3 is 5.70 Å². The predicted octanol–water partition coefficient (Wildman–Crippen LogP) is 2.53. The molecule has 0 saturated carbocycles. The summed E-state index contributed by atoms with van der Waals surface area (Å²) in [6.07, 6.45) is 3.35. The molecule has 0 spiro atoms. The van der Waals surface area contributed by atoms with Crippen LogP contribution in [0.4, 0.5) is 0 Å². The zero-order chi connectivity index (χ0) is 19.9. The number of hydrogen-bond donors (Lipinski definition) is 0. The number of thioether (sulfide) groups is 1. The SMILES string of the molecule is [C-]#[N+]C(C#N)=C1N(CCCN2CCSCC2)CCN1C1CCN(C(C)C)CC1. The normalized spacial score (nSPS) is 24.5. The van der Waals surface area contributed by atoms with Crippen LogP contribution in [0, 0.1) is 17.9 Å². The van der Waals surface area contributed by atoms with Gasteiger partial charge in [0.2, 0.25) is 0 Å². The van der Waals surface area contributed by atoms with E-state index in [1.165, 1.54) is 24.6 Å². The Morgan fingerprint density at radius 3 is 2.46 bits per heavy atom. The van der Waals surface area contributed by atoms with Crippen LogP contribution in [0.5, 0.6) is 0 Å². The van der Waals surface area contributed by atoms with E-state index in [0.29, 0.717) is 12.1 Å². The third-order valence-corrected chi connectivity index (χ3v) is 7.23. The molecule has 0 aromatic rings. The van der Waals surface area contributed by atoms with Gasteiger partial charge in [0.1, 0.15) is 5.82 Å². The van der Waals surface area contributed by atoms with E-state index >= 15 is 0 Å². The summed E-state index contributed by atoms with van der Waals surface area (Å²) >= 11 is 2.05. The molecule has 0 bridgehead atoms. The van der Waals surface area contributed by atoms with Gasteiger partial charge in [-0.1, -0.05) is 0 Å². The summed E-state index contributed by atoms with van der Waals surface area (Å²) in [5.74, 6) is 3.40. The predicted molar refractivity (Wildman–Crippen MR) is 116 cm³/mol. The van der Waals surface area contributed by atoms with Crippen molar-refractivity contribution in [3.63, 3.8) is 0 Å². The van der Waals surface area contributed by atoms with Crippen molar-refractivity contribution in [2.45, 2.75) is 45.2 Å². The third kappa shape index (κ3) is 5.14. The minimum Gasteiger partial charge on any atom is -0.365 e. The van der Waals surface area contributed by atoms with Gasteiger partial charge in [-0.25, -0.2) is 10.1 Å². The largest absolute Gasteiger partial charge is 0.365 e. The molecule has 0 unspecified atom stereocenters. The zero-order valence-electron chi connectivity index (χ0n) is 17.4. The van der Waals surface area contributed by atoms with Gasteiger partial charge in [-0.2, -0.15) is 11.8 Å². The van der Waals surface area contributed by atoms with Crippen LogP contribution in [0.1, 0.15) is 33.1 Å². The lowest BCUT2D eigenvalue weighted by Crippen LogP contribution is -2.46. The monoisotopic (exact) mass is 402 g/mol. The summed E-state index contributed by atoms with van der Waals surface area (Å²) in [5.41, 5.74) is 0.276. The summed E-state index contributed by atoms with van der Waals surface area (Å²) in [6.45, 7) is 20.6. The van der Waals surface area contributed by atoms with Crippen molar-refractivity contribution in [3.05, 3.63) is 22.9 Å². The first kappa shape index (κ1) is 21.3. The maximum Gasteiger partial charge on any atom is 0.300 e. The van der Waals surface area contributed by atoms with E-state index in [1.807, 2.05) is 11.8 Å². The number of nitriles is 1. The van der Waals surface area contributed by atoms with Crippen LogP contribution in [-0.2, 0) is 0 Å². The van der Waals surface area contributed by atoms with Crippen molar-refractivity contribution in [2.24, 2.45) is 0 Å². The highest BCUT2D eigenvalue weighted by atomic mass is 32.2. The highest BCUT2D eigenvalue weighted by Crippen LogP contribution is 2.30. The number of piperidine rings is 1. The first-order valence-electron chi connectivity index (χ1n) is 10.7. The number of likely N-dealkylation sites (tertiary alicyclic amines) is 1. The molecule has 0 atom stereocenters. The first-order chi connectivity index (χ1) is 13.6. The van der Waals surface area contributed by atoms with Crippen molar-refractivity contribution >= 4 is 11.8 Å². The van der Waals surface area contributed by atoms with E-state index < -0.39 is 0 Å². The van der Waals surface area contributed by atoms with Crippen LogP contribution < -0.4 is 0 Å². The Morgan fingerprint density at radius 1 is 1.14 bits per heavy atom.